The standard InChI is InChI=1S/C21H16ClN3O3/c1-13-19(20(25-28-13)15-5-2-3-6-16(15)22)21(26)24-12-14-8-9-17(23-11-14)18-7-4-10-27-18/h2-11H,12H2,1H3,(H,24,26). The molecule has 0 saturated carbocycles. The number of benzene rings is 1. The molecule has 0 aliphatic heterocycles. The Morgan fingerprint density at radius 3 is 2.71 bits per heavy atom. The summed E-state index contributed by atoms with van der Waals surface area (Å²) >= 11 is 6.25. The molecular formula is C21H16ClN3O3. The van der Waals surface area contributed by atoms with Gasteiger partial charge in [-0.2, -0.15) is 0 Å². The number of nitrogens with zero attached hydrogens (tertiary/aromatic N) is 2. The van der Waals surface area contributed by atoms with Crippen molar-refractivity contribution in [2.45, 2.75) is 13.5 Å². The maximum absolute atomic E-state index is 12.8. The molecule has 6 nitrogen and oxygen atoms in total. The number of aromatic nitrogens is 2. The highest BCUT2D eigenvalue weighted by Crippen LogP contribution is 2.31. The molecule has 28 heavy (non-hydrogen) atoms. The molecule has 4 aromatic rings. The molecule has 1 N–H and O–H groups in total. The van der Waals surface area contributed by atoms with Gasteiger partial charge in [-0.15, -0.1) is 0 Å². The minimum Gasteiger partial charge on any atom is -0.463 e. The molecule has 1 aromatic carbocycles. The monoisotopic (exact) mass is 393 g/mol. The lowest BCUT2D eigenvalue weighted by molar-refractivity contribution is 0.0950. The molecule has 0 aliphatic carbocycles. The van der Waals surface area contributed by atoms with Crippen molar-refractivity contribution in [3.8, 4) is 22.7 Å². The Balaban J connectivity index is 1.50. The van der Waals surface area contributed by atoms with Crippen LogP contribution in [0.2, 0.25) is 5.02 Å². The van der Waals surface area contributed by atoms with E-state index in [0.717, 1.165) is 11.3 Å². The van der Waals surface area contributed by atoms with Gasteiger partial charge < -0.3 is 14.3 Å². The first kappa shape index (κ1) is 18.0. The average Bonchev–Trinajstić information content (AvgIpc) is 3.37. The number of halogens is 1. The lowest BCUT2D eigenvalue weighted by atomic mass is 10.1. The maximum Gasteiger partial charge on any atom is 0.257 e. The molecule has 0 aliphatic rings. The highest BCUT2D eigenvalue weighted by atomic mass is 35.5. The fraction of sp³-hybridized carbons (Fsp3) is 0.0952. The molecular weight excluding hydrogens is 378 g/mol. The SMILES string of the molecule is Cc1onc(-c2ccccc2Cl)c1C(=O)NCc1ccc(-c2ccco2)nc1. The molecule has 0 radical (unpaired) electrons. The average molecular weight is 394 g/mol. The molecule has 0 spiro atoms. The summed E-state index contributed by atoms with van der Waals surface area (Å²) in [6.07, 6.45) is 3.30. The summed E-state index contributed by atoms with van der Waals surface area (Å²) in [5.41, 5.74) is 3.03. The first-order valence-electron chi connectivity index (χ1n) is 8.61. The van der Waals surface area contributed by atoms with Crippen LogP contribution >= 0.6 is 11.6 Å². The fourth-order valence-corrected chi connectivity index (χ4v) is 3.07. The fourth-order valence-electron chi connectivity index (χ4n) is 2.85. The third-order valence-corrected chi connectivity index (χ3v) is 4.60. The van der Waals surface area contributed by atoms with E-state index in [1.807, 2.05) is 36.4 Å². The predicted octanol–water partition coefficient (Wildman–Crippen LogP) is 4.89. The van der Waals surface area contributed by atoms with Gasteiger partial charge in [0.15, 0.2) is 5.76 Å². The smallest absolute Gasteiger partial charge is 0.257 e. The number of pyridine rings is 1. The Bertz CT molecular complexity index is 1100. The number of nitrogens with one attached hydrogen (secondary N) is 1. The molecule has 1 amide bonds. The van der Waals surface area contributed by atoms with E-state index in [4.69, 9.17) is 20.5 Å². The van der Waals surface area contributed by atoms with E-state index in [9.17, 15) is 4.79 Å². The Kier molecular flexibility index (Phi) is 4.95. The molecule has 140 valence electrons. The van der Waals surface area contributed by atoms with E-state index < -0.39 is 0 Å². The van der Waals surface area contributed by atoms with E-state index >= 15 is 0 Å². The van der Waals surface area contributed by atoms with Crippen LogP contribution in [0.1, 0.15) is 21.7 Å². The zero-order chi connectivity index (χ0) is 19.5. The van der Waals surface area contributed by atoms with Gasteiger partial charge in [0.2, 0.25) is 0 Å². The first-order valence-corrected chi connectivity index (χ1v) is 8.99. The number of carbonyl (C=O) groups excluding carboxylic acids is 1. The van der Waals surface area contributed by atoms with E-state index in [1.165, 1.54) is 0 Å². The zero-order valence-electron chi connectivity index (χ0n) is 15.0. The first-order chi connectivity index (χ1) is 13.6. The summed E-state index contributed by atoms with van der Waals surface area (Å²) in [5, 5.41) is 7.40. The van der Waals surface area contributed by atoms with Gasteiger partial charge in [0.05, 0.1) is 11.3 Å². The van der Waals surface area contributed by atoms with Crippen molar-refractivity contribution in [3.63, 3.8) is 0 Å². The summed E-state index contributed by atoms with van der Waals surface area (Å²) < 4.78 is 10.6. The number of carbonyl (C=O) groups is 1. The van der Waals surface area contributed by atoms with Crippen molar-refractivity contribution in [3.05, 3.63) is 82.9 Å². The molecule has 3 aromatic heterocycles. The third kappa shape index (κ3) is 3.54. The van der Waals surface area contributed by atoms with Gasteiger partial charge in [-0.1, -0.05) is 41.0 Å². The molecule has 4 rings (SSSR count). The normalized spacial score (nSPS) is 10.8. The quantitative estimate of drug-likeness (QED) is 0.522. The molecule has 0 bridgehead atoms. The summed E-state index contributed by atoms with van der Waals surface area (Å²) in [6, 6.07) is 14.6. The number of rotatable bonds is 5. The van der Waals surface area contributed by atoms with Crippen LogP contribution in [-0.2, 0) is 6.54 Å². The second kappa shape index (κ2) is 7.70. The minimum absolute atomic E-state index is 0.288. The van der Waals surface area contributed by atoms with Crippen LogP contribution in [0.4, 0.5) is 0 Å². The Morgan fingerprint density at radius 1 is 1.14 bits per heavy atom. The van der Waals surface area contributed by atoms with E-state index in [1.54, 1.807) is 31.5 Å². The van der Waals surface area contributed by atoms with Crippen molar-refractivity contribution in [2.75, 3.05) is 0 Å². The van der Waals surface area contributed by atoms with Crippen LogP contribution in [-0.4, -0.2) is 16.0 Å². The molecule has 0 atom stereocenters. The predicted molar refractivity (Wildman–Crippen MR) is 105 cm³/mol. The molecule has 0 fully saturated rings. The Morgan fingerprint density at radius 2 is 2.00 bits per heavy atom. The zero-order valence-corrected chi connectivity index (χ0v) is 15.7. The van der Waals surface area contributed by atoms with Gasteiger partial charge in [-0.3, -0.25) is 9.78 Å². The highest BCUT2D eigenvalue weighted by molar-refractivity contribution is 6.33. The number of amides is 1. The van der Waals surface area contributed by atoms with Gasteiger partial charge in [0.25, 0.3) is 5.91 Å². The lowest BCUT2D eigenvalue weighted by Gasteiger charge is -2.07. The van der Waals surface area contributed by atoms with Crippen molar-refractivity contribution in [1.82, 2.24) is 15.5 Å². The van der Waals surface area contributed by atoms with E-state index in [0.29, 0.717) is 39.9 Å². The van der Waals surface area contributed by atoms with Gasteiger partial charge >= 0.3 is 0 Å². The summed E-state index contributed by atoms with van der Waals surface area (Å²) in [4.78, 5) is 17.1. The highest BCUT2D eigenvalue weighted by Gasteiger charge is 2.22. The largest absolute Gasteiger partial charge is 0.463 e. The van der Waals surface area contributed by atoms with Crippen molar-refractivity contribution < 1.29 is 13.7 Å². The van der Waals surface area contributed by atoms with Gasteiger partial charge in [-0.05, 0) is 36.8 Å². The van der Waals surface area contributed by atoms with E-state index in [2.05, 4.69) is 15.5 Å². The summed E-state index contributed by atoms with van der Waals surface area (Å²) in [5.74, 6) is 0.836. The van der Waals surface area contributed by atoms with Crippen molar-refractivity contribution in [1.29, 1.82) is 0 Å². The number of aryl methyl sites for hydroxylation is 1. The van der Waals surface area contributed by atoms with E-state index in [-0.39, 0.29) is 5.91 Å². The van der Waals surface area contributed by atoms with Crippen molar-refractivity contribution in [2.24, 2.45) is 0 Å². The van der Waals surface area contributed by atoms with Crippen LogP contribution in [0.5, 0.6) is 0 Å². The topological polar surface area (TPSA) is 81.2 Å². The summed E-state index contributed by atoms with van der Waals surface area (Å²) in [7, 11) is 0. The maximum atomic E-state index is 12.8. The van der Waals surface area contributed by atoms with Crippen LogP contribution in [0.25, 0.3) is 22.7 Å². The van der Waals surface area contributed by atoms with Crippen LogP contribution in [0.15, 0.2) is 69.9 Å². The Labute approximate surface area is 166 Å². The summed E-state index contributed by atoms with van der Waals surface area (Å²) in [6.45, 7) is 2.01. The minimum atomic E-state index is -0.288. The number of hydrogen-bond acceptors (Lipinski definition) is 5. The molecule has 0 saturated heterocycles. The van der Waals surface area contributed by atoms with Crippen LogP contribution in [0, 0.1) is 6.92 Å². The van der Waals surface area contributed by atoms with Crippen molar-refractivity contribution >= 4 is 17.5 Å². The molecule has 3 heterocycles. The van der Waals surface area contributed by atoms with Gasteiger partial charge in [0, 0.05) is 18.3 Å². The number of furan rings is 1. The van der Waals surface area contributed by atoms with Crippen LogP contribution < -0.4 is 5.32 Å². The third-order valence-electron chi connectivity index (χ3n) is 4.27. The Hall–Kier alpha value is -3.38. The second-order valence-corrected chi connectivity index (χ2v) is 6.56. The second-order valence-electron chi connectivity index (χ2n) is 6.15. The lowest BCUT2D eigenvalue weighted by Crippen LogP contribution is -2.23. The van der Waals surface area contributed by atoms with Gasteiger partial charge in [-0.25, -0.2) is 0 Å². The van der Waals surface area contributed by atoms with Crippen LogP contribution in [0.3, 0.4) is 0 Å². The molecule has 7 heteroatoms. The number of hydrogen-bond donors (Lipinski definition) is 1. The van der Waals surface area contributed by atoms with Gasteiger partial charge in [0.1, 0.15) is 22.7 Å². The molecule has 0 unspecified atom stereocenters.